The Hall–Kier alpha value is 0.137. The Labute approximate surface area is 102 Å². The molecule has 0 saturated heterocycles. The fraction of sp³-hybridized carbons (Fsp3) is 1.00. The van der Waals surface area contributed by atoms with Crippen LogP contribution < -0.4 is 0 Å². The van der Waals surface area contributed by atoms with Gasteiger partial charge < -0.3 is 8.85 Å². The zero-order chi connectivity index (χ0) is 12.0. The van der Waals surface area contributed by atoms with Gasteiger partial charge in [0.25, 0.3) is 0 Å². The van der Waals surface area contributed by atoms with Crippen molar-refractivity contribution >= 4 is 9.28 Å². The summed E-state index contributed by atoms with van der Waals surface area (Å²) in [5.41, 5.74) is 1.04. The Morgan fingerprint density at radius 3 is 2.19 bits per heavy atom. The van der Waals surface area contributed by atoms with Crippen LogP contribution in [0.3, 0.4) is 0 Å². The van der Waals surface area contributed by atoms with Gasteiger partial charge in [0.2, 0.25) is 0 Å². The van der Waals surface area contributed by atoms with Gasteiger partial charge in [0.15, 0.2) is 0 Å². The molecule has 2 fully saturated rings. The Kier molecular flexibility index (Phi) is 3.23. The lowest BCUT2D eigenvalue weighted by Crippen LogP contribution is -2.35. The van der Waals surface area contributed by atoms with Gasteiger partial charge in [-0.1, -0.05) is 20.8 Å². The maximum absolute atomic E-state index is 5.46. The minimum absolute atomic E-state index is 0.518. The summed E-state index contributed by atoms with van der Waals surface area (Å²) in [6, 6.07) is 1.16. The summed E-state index contributed by atoms with van der Waals surface area (Å²) in [4.78, 5) is 0. The highest BCUT2D eigenvalue weighted by atomic mass is 28.3. The zero-order valence-corrected chi connectivity index (χ0v) is 12.3. The molecule has 0 spiro atoms. The maximum atomic E-state index is 5.46. The highest BCUT2D eigenvalue weighted by Crippen LogP contribution is 2.69. The van der Waals surface area contributed by atoms with Crippen molar-refractivity contribution in [2.24, 2.45) is 22.7 Å². The summed E-state index contributed by atoms with van der Waals surface area (Å²) < 4.78 is 10.9. The van der Waals surface area contributed by atoms with Crippen molar-refractivity contribution in [3.63, 3.8) is 0 Å². The van der Waals surface area contributed by atoms with Gasteiger partial charge in [0, 0.05) is 14.2 Å². The Balaban J connectivity index is 2.09. The van der Waals surface area contributed by atoms with E-state index in [4.69, 9.17) is 8.85 Å². The van der Waals surface area contributed by atoms with Gasteiger partial charge in [-0.25, -0.2) is 0 Å². The van der Waals surface area contributed by atoms with Gasteiger partial charge in [-0.2, -0.15) is 0 Å². The molecule has 0 N–H and O–H groups in total. The number of hydrogen-bond acceptors (Lipinski definition) is 2. The summed E-state index contributed by atoms with van der Waals surface area (Å²) in [7, 11) is 2.56. The van der Waals surface area contributed by atoms with E-state index in [-0.39, 0.29) is 0 Å². The molecule has 16 heavy (non-hydrogen) atoms. The molecule has 0 amide bonds. The van der Waals surface area contributed by atoms with Crippen LogP contribution in [0.2, 0.25) is 6.04 Å². The summed E-state index contributed by atoms with van der Waals surface area (Å²) in [5, 5.41) is 0. The molecule has 2 bridgehead atoms. The standard InChI is InChI=1S/C13H25O2Si/c1-12(2)10-6-7-13(12,3)11(8-10)9-16(14-4)15-5/h10-11H,6-9H2,1-5H3. The smallest absolute Gasteiger partial charge is 0.384 e. The van der Waals surface area contributed by atoms with Crippen LogP contribution in [0, 0.1) is 22.7 Å². The van der Waals surface area contributed by atoms with Crippen LogP contribution in [-0.4, -0.2) is 23.5 Å². The van der Waals surface area contributed by atoms with Crippen LogP contribution in [0.4, 0.5) is 0 Å². The third kappa shape index (κ3) is 1.59. The second-order valence-corrected chi connectivity index (χ2v) is 8.26. The first kappa shape index (κ1) is 12.6. The highest BCUT2D eigenvalue weighted by molar-refractivity contribution is 6.44. The normalized spacial score (nSPS) is 40.9. The Morgan fingerprint density at radius 2 is 1.81 bits per heavy atom. The third-order valence-electron chi connectivity index (χ3n) is 5.84. The topological polar surface area (TPSA) is 18.5 Å². The SMILES string of the molecule is CO[Si](CC1CC2CCC1(C)C2(C)C)OC. The van der Waals surface area contributed by atoms with Crippen LogP contribution in [0.1, 0.15) is 40.0 Å². The minimum Gasteiger partial charge on any atom is -0.397 e. The quantitative estimate of drug-likeness (QED) is 0.704. The van der Waals surface area contributed by atoms with E-state index < -0.39 is 9.28 Å². The van der Waals surface area contributed by atoms with Crippen molar-refractivity contribution in [3.05, 3.63) is 0 Å². The summed E-state index contributed by atoms with van der Waals surface area (Å²) in [5.74, 6) is 1.74. The van der Waals surface area contributed by atoms with Crippen molar-refractivity contribution < 1.29 is 8.85 Å². The molecule has 1 radical (unpaired) electrons. The van der Waals surface area contributed by atoms with Gasteiger partial charge in [-0.15, -0.1) is 0 Å². The predicted octanol–water partition coefficient (Wildman–Crippen LogP) is 3.23. The van der Waals surface area contributed by atoms with Gasteiger partial charge in [0.1, 0.15) is 0 Å². The van der Waals surface area contributed by atoms with E-state index in [0.29, 0.717) is 10.8 Å². The molecule has 2 aliphatic rings. The van der Waals surface area contributed by atoms with Crippen LogP contribution in [0.15, 0.2) is 0 Å². The number of rotatable bonds is 4. The summed E-state index contributed by atoms with van der Waals surface area (Å²) in [6.45, 7) is 7.43. The molecule has 3 heteroatoms. The van der Waals surface area contributed by atoms with E-state index in [0.717, 1.165) is 17.9 Å². The van der Waals surface area contributed by atoms with Crippen molar-refractivity contribution in [1.29, 1.82) is 0 Å². The molecular weight excluding hydrogens is 216 g/mol. The molecular formula is C13H25O2Si. The molecule has 0 aromatic carbocycles. The molecule has 2 aliphatic carbocycles. The lowest BCUT2D eigenvalue weighted by Gasteiger charge is -2.39. The third-order valence-corrected chi connectivity index (χ3v) is 7.58. The van der Waals surface area contributed by atoms with Crippen LogP contribution in [0.25, 0.3) is 0 Å². The maximum Gasteiger partial charge on any atom is 0.384 e. The first-order valence-electron chi connectivity index (χ1n) is 6.39. The molecule has 93 valence electrons. The van der Waals surface area contributed by atoms with Crippen LogP contribution in [-0.2, 0) is 8.85 Å². The molecule has 2 nitrogen and oxygen atoms in total. The van der Waals surface area contributed by atoms with Crippen LogP contribution in [0.5, 0.6) is 0 Å². The van der Waals surface area contributed by atoms with E-state index in [1.54, 1.807) is 14.2 Å². The molecule has 0 aliphatic heterocycles. The van der Waals surface area contributed by atoms with Crippen molar-refractivity contribution in [1.82, 2.24) is 0 Å². The first-order chi connectivity index (χ1) is 7.45. The van der Waals surface area contributed by atoms with E-state index in [9.17, 15) is 0 Å². The Morgan fingerprint density at radius 1 is 1.19 bits per heavy atom. The average molecular weight is 241 g/mol. The fourth-order valence-corrected chi connectivity index (χ4v) is 5.65. The molecule has 2 rings (SSSR count). The zero-order valence-electron chi connectivity index (χ0n) is 11.3. The van der Waals surface area contributed by atoms with Crippen molar-refractivity contribution in [2.75, 3.05) is 14.2 Å². The molecule has 3 unspecified atom stereocenters. The van der Waals surface area contributed by atoms with E-state index >= 15 is 0 Å². The second-order valence-electron chi connectivity index (χ2n) is 6.29. The minimum atomic E-state index is -1.02. The Bertz CT molecular complexity index is 263. The van der Waals surface area contributed by atoms with Gasteiger partial charge in [-0.05, 0) is 48.0 Å². The number of fused-ring (bicyclic) bond motifs is 2. The molecule has 0 aromatic heterocycles. The molecule has 2 saturated carbocycles. The van der Waals surface area contributed by atoms with Gasteiger partial charge in [-0.3, -0.25) is 0 Å². The lowest BCUT2D eigenvalue weighted by molar-refractivity contribution is 0.106. The van der Waals surface area contributed by atoms with E-state index in [1.165, 1.54) is 19.3 Å². The second kappa shape index (κ2) is 4.11. The fourth-order valence-electron chi connectivity index (χ4n) is 4.13. The molecule has 0 heterocycles. The molecule has 3 atom stereocenters. The van der Waals surface area contributed by atoms with Crippen molar-refractivity contribution in [2.45, 2.75) is 46.1 Å². The summed E-state index contributed by atoms with van der Waals surface area (Å²) in [6.07, 6.45) is 4.23. The highest BCUT2D eigenvalue weighted by Gasteiger charge is 2.61. The van der Waals surface area contributed by atoms with Crippen molar-refractivity contribution in [3.8, 4) is 0 Å². The monoisotopic (exact) mass is 241 g/mol. The van der Waals surface area contributed by atoms with Crippen LogP contribution >= 0.6 is 0 Å². The van der Waals surface area contributed by atoms with Gasteiger partial charge in [0.05, 0.1) is 0 Å². The lowest BCUT2D eigenvalue weighted by atomic mass is 9.67. The largest absolute Gasteiger partial charge is 0.397 e. The van der Waals surface area contributed by atoms with E-state index in [1.807, 2.05) is 0 Å². The van der Waals surface area contributed by atoms with Gasteiger partial charge >= 0.3 is 9.28 Å². The summed E-state index contributed by atoms with van der Waals surface area (Å²) >= 11 is 0. The van der Waals surface area contributed by atoms with E-state index in [2.05, 4.69) is 20.8 Å². The molecule has 0 aromatic rings. The first-order valence-corrected chi connectivity index (χ1v) is 7.92. The predicted molar refractivity (Wildman–Crippen MR) is 67.3 cm³/mol. The number of hydrogen-bond donors (Lipinski definition) is 0. The average Bonchev–Trinajstić information content (AvgIpc) is 2.58.